The van der Waals surface area contributed by atoms with Gasteiger partial charge in [0.1, 0.15) is 0 Å². The Bertz CT molecular complexity index is 908. The third-order valence-corrected chi connectivity index (χ3v) is 4.85. The molecule has 19 heteroatoms. The van der Waals surface area contributed by atoms with E-state index in [1.54, 1.807) is 0 Å². The summed E-state index contributed by atoms with van der Waals surface area (Å²) in [5.41, 5.74) is -0.915. The molecule has 1 aromatic rings. The molecule has 0 fully saturated rings. The highest BCUT2D eigenvalue weighted by atomic mass is 35.5. The maximum Gasteiger partial charge on any atom is 0.460 e. The van der Waals surface area contributed by atoms with Crippen LogP contribution >= 0.6 is 11.6 Å². The molecule has 1 N–H and O–H groups in total. The molecule has 1 unspecified atom stereocenters. The standard InChI is InChI=1S/C16H8ClF17O/c17-7-4-2-1-3-6(7)8(35)5-9(18,19)10(20,21)11(22,23)12(24,25)13(26,27)14(28,29)15(30,31)16(32,33)34/h1-4,8,35H,5H2. The van der Waals surface area contributed by atoms with E-state index < -0.39 is 70.7 Å². The molecule has 0 aliphatic heterocycles. The quantitative estimate of drug-likeness (QED) is 0.299. The van der Waals surface area contributed by atoms with Crippen molar-refractivity contribution in [1.29, 1.82) is 0 Å². The van der Waals surface area contributed by atoms with Crippen LogP contribution < -0.4 is 0 Å². The second kappa shape index (κ2) is 8.69. The Labute approximate surface area is 187 Å². The van der Waals surface area contributed by atoms with Gasteiger partial charge in [-0.3, -0.25) is 0 Å². The van der Waals surface area contributed by atoms with E-state index in [9.17, 15) is 79.7 Å². The number of hydrogen-bond donors (Lipinski definition) is 1. The molecule has 0 bridgehead atoms. The first-order chi connectivity index (χ1) is 15.1. The molecule has 0 saturated carbocycles. The summed E-state index contributed by atoms with van der Waals surface area (Å²) in [5.74, 6) is -57.1. The maximum atomic E-state index is 13.9. The van der Waals surface area contributed by atoms with E-state index in [4.69, 9.17) is 11.6 Å². The first kappa shape index (κ1) is 31.3. The van der Waals surface area contributed by atoms with Gasteiger partial charge in [0.2, 0.25) is 0 Å². The van der Waals surface area contributed by atoms with Crippen molar-refractivity contribution in [2.24, 2.45) is 0 Å². The zero-order valence-corrected chi connectivity index (χ0v) is 16.6. The molecular weight excluding hydrogens is 567 g/mol. The van der Waals surface area contributed by atoms with Gasteiger partial charge in [-0.05, 0) is 11.6 Å². The van der Waals surface area contributed by atoms with Gasteiger partial charge >= 0.3 is 47.6 Å². The lowest BCUT2D eigenvalue weighted by atomic mass is 9.87. The Morgan fingerprint density at radius 3 is 1.29 bits per heavy atom. The SMILES string of the molecule is OC(CC(F)(F)C(F)(F)C(F)(F)C(F)(F)C(F)(F)C(F)(F)C(F)(F)C(F)(F)F)c1ccccc1Cl. The molecule has 0 saturated heterocycles. The second-order valence-corrected chi connectivity index (χ2v) is 7.30. The Kier molecular flexibility index (Phi) is 7.78. The number of aliphatic hydroxyl groups is 1. The molecule has 0 radical (unpaired) electrons. The number of alkyl halides is 17. The smallest absolute Gasteiger partial charge is 0.388 e. The second-order valence-electron chi connectivity index (χ2n) is 6.89. The van der Waals surface area contributed by atoms with Crippen LogP contribution in [0.2, 0.25) is 5.02 Å². The van der Waals surface area contributed by atoms with Crippen LogP contribution in [0, 0.1) is 0 Å². The molecule has 1 nitrogen and oxygen atoms in total. The van der Waals surface area contributed by atoms with Gasteiger partial charge in [0.25, 0.3) is 0 Å². The van der Waals surface area contributed by atoms with Crippen molar-refractivity contribution >= 4 is 11.6 Å². The molecule has 204 valence electrons. The van der Waals surface area contributed by atoms with Crippen LogP contribution in [0.1, 0.15) is 18.1 Å². The number of rotatable bonds is 9. The van der Waals surface area contributed by atoms with Crippen molar-refractivity contribution < 1.29 is 79.7 Å². The Morgan fingerprint density at radius 2 is 0.914 bits per heavy atom. The Balaban J connectivity index is 3.56. The molecule has 1 aromatic carbocycles. The predicted molar refractivity (Wildman–Crippen MR) is 81.7 cm³/mol. The fourth-order valence-corrected chi connectivity index (χ4v) is 2.68. The maximum absolute atomic E-state index is 13.9. The molecule has 0 amide bonds. The van der Waals surface area contributed by atoms with Gasteiger partial charge in [0, 0.05) is 11.4 Å². The van der Waals surface area contributed by atoms with Crippen LogP contribution in [0.5, 0.6) is 0 Å². The van der Waals surface area contributed by atoms with Crippen LogP contribution in [0.4, 0.5) is 74.6 Å². The third-order valence-electron chi connectivity index (χ3n) is 4.50. The summed E-state index contributed by atoms with van der Waals surface area (Å²) in [7, 11) is 0. The van der Waals surface area contributed by atoms with Gasteiger partial charge in [-0.25, -0.2) is 0 Å². The summed E-state index contributed by atoms with van der Waals surface area (Å²) in [5, 5.41) is 8.85. The summed E-state index contributed by atoms with van der Waals surface area (Å²) >= 11 is 5.41. The number of benzene rings is 1. The molecule has 1 atom stereocenters. The van der Waals surface area contributed by atoms with Crippen molar-refractivity contribution in [3.8, 4) is 0 Å². The van der Waals surface area contributed by atoms with Crippen LogP contribution in [0.25, 0.3) is 0 Å². The minimum absolute atomic E-state index is 0.627. The topological polar surface area (TPSA) is 20.2 Å². The van der Waals surface area contributed by atoms with Crippen LogP contribution in [-0.4, -0.2) is 52.7 Å². The minimum atomic E-state index is -8.69. The van der Waals surface area contributed by atoms with E-state index in [1.807, 2.05) is 0 Å². The largest absolute Gasteiger partial charge is 0.460 e. The first-order valence-electron chi connectivity index (χ1n) is 8.29. The molecule has 35 heavy (non-hydrogen) atoms. The summed E-state index contributed by atoms with van der Waals surface area (Å²) in [6, 6.07) is 3.43. The van der Waals surface area contributed by atoms with Crippen molar-refractivity contribution in [2.75, 3.05) is 0 Å². The van der Waals surface area contributed by atoms with Crippen molar-refractivity contribution in [1.82, 2.24) is 0 Å². The Morgan fingerprint density at radius 1 is 0.571 bits per heavy atom. The zero-order chi connectivity index (χ0) is 28.3. The lowest BCUT2D eigenvalue weighted by Crippen LogP contribution is -2.74. The molecular formula is C16H8ClF17O. The highest BCUT2D eigenvalue weighted by molar-refractivity contribution is 6.31. The van der Waals surface area contributed by atoms with E-state index >= 15 is 0 Å². The first-order valence-corrected chi connectivity index (χ1v) is 8.67. The Hall–Kier alpha value is -1.72. The lowest BCUT2D eigenvalue weighted by molar-refractivity contribution is -0.462. The molecule has 0 spiro atoms. The van der Waals surface area contributed by atoms with E-state index in [1.165, 1.54) is 0 Å². The highest BCUT2D eigenvalue weighted by Crippen LogP contribution is 2.64. The predicted octanol–water partition coefficient (Wildman–Crippen LogP) is 7.77. The number of halogens is 18. The van der Waals surface area contributed by atoms with E-state index in [0.29, 0.717) is 6.07 Å². The van der Waals surface area contributed by atoms with Gasteiger partial charge < -0.3 is 5.11 Å². The molecule has 0 aromatic heterocycles. The van der Waals surface area contributed by atoms with Crippen LogP contribution in [0.3, 0.4) is 0 Å². The van der Waals surface area contributed by atoms with E-state index in [-0.39, 0.29) is 0 Å². The lowest BCUT2D eigenvalue weighted by Gasteiger charge is -2.43. The third kappa shape index (κ3) is 4.48. The monoisotopic (exact) mass is 574 g/mol. The molecule has 0 heterocycles. The van der Waals surface area contributed by atoms with Crippen LogP contribution in [0.15, 0.2) is 24.3 Å². The fourth-order valence-electron chi connectivity index (χ4n) is 2.42. The summed E-state index contributed by atoms with van der Waals surface area (Å²) in [6.45, 7) is 0. The highest BCUT2D eigenvalue weighted by Gasteiger charge is 2.95. The molecule has 0 aliphatic carbocycles. The van der Waals surface area contributed by atoms with Gasteiger partial charge in [0.15, 0.2) is 0 Å². The minimum Gasteiger partial charge on any atom is -0.388 e. The number of hydrogen-bond acceptors (Lipinski definition) is 1. The zero-order valence-electron chi connectivity index (χ0n) is 15.8. The molecule has 0 aliphatic rings. The molecule has 1 rings (SSSR count). The average Bonchev–Trinajstić information content (AvgIpc) is 2.65. The van der Waals surface area contributed by atoms with Crippen molar-refractivity contribution in [2.45, 2.75) is 60.2 Å². The van der Waals surface area contributed by atoms with Gasteiger partial charge in [-0.1, -0.05) is 29.8 Å². The summed E-state index contributed by atoms with van der Waals surface area (Å²) in [6.07, 6.45) is -13.8. The van der Waals surface area contributed by atoms with E-state index in [0.717, 1.165) is 18.2 Å². The summed E-state index contributed by atoms with van der Waals surface area (Å²) in [4.78, 5) is 0. The fraction of sp³-hybridized carbons (Fsp3) is 0.625. The van der Waals surface area contributed by atoms with Gasteiger partial charge in [-0.15, -0.1) is 0 Å². The van der Waals surface area contributed by atoms with Crippen molar-refractivity contribution in [3.63, 3.8) is 0 Å². The van der Waals surface area contributed by atoms with E-state index in [2.05, 4.69) is 0 Å². The number of aliphatic hydroxyl groups excluding tert-OH is 1. The van der Waals surface area contributed by atoms with Gasteiger partial charge in [-0.2, -0.15) is 74.6 Å². The van der Waals surface area contributed by atoms with Gasteiger partial charge in [0.05, 0.1) is 6.10 Å². The average molecular weight is 575 g/mol. The normalized spacial score (nSPS) is 16.4. The summed E-state index contributed by atoms with van der Waals surface area (Å²) < 4.78 is 224. The van der Waals surface area contributed by atoms with Crippen LogP contribution in [-0.2, 0) is 0 Å². The van der Waals surface area contributed by atoms with Crippen molar-refractivity contribution in [3.05, 3.63) is 34.9 Å².